The van der Waals surface area contributed by atoms with E-state index in [2.05, 4.69) is 10.3 Å². The van der Waals surface area contributed by atoms with Gasteiger partial charge in [-0.2, -0.15) is 5.26 Å². The Morgan fingerprint density at radius 2 is 2.47 bits per heavy atom. The normalized spacial score (nSPS) is 11.5. The summed E-state index contributed by atoms with van der Waals surface area (Å²) < 4.78 is 0. The first-order valence-corrected chi connectivity index (χ1v) is 4.84. The number of amides is 1. The maximum Gasteiger partial charge on any atom is 0.251 e. The van der Waals surface area contributed by atoms with Crippen LogP contribution in [-0.4, -0.2) is 16.9 Å². The number of carbonyl (C=O) groups is 1. The van der Waals surface area contributed by atoms with Crippen LogP contribution in [0.25, 0.3) is 0 Å². The largest absolute Gasteiger partial charge is 0.350 e. The number of hydrogen-bond donors (Lipinski definition) is 1. The van der Waals surface area contributed by atoms with E-state index in [0.29, 0.717) is 5.56 Å². The molecule has 1 rings (SSSR count). The molecule has 0 aromatic carbocycles. The zero-order valence-electron chi connectivity index (χ0n) is 8.82. The Bertz CT molecular complexity index is 395. The van der Waals surface area contributed by atoms with Crippen molar-refractivity contribution in [3.05, 3.63) is 29.6 Å². The Kier molecular flexibility index (Phi) is 3.81. The smallest absolute Gasteiger partial charge is 0.251 e. The van der Waals surface area contributed by atoms with Crippen LogP contribution in [0.5, 0.6) is 0 Å². The lowest BCUT2D eigenvalue weighted by molar-refractivity contribution is 0.0939. The van der Waals surface area contributed by atoms with Crippen molar-refractivity contribution in [3.63, 3.8) is 0 Å². The fraction of sp³-hybridized carbons (Fsp3) is 0.364. The van der Waals surface area contributed by atoms with Crippen LogP contribution in [0.4, 0.5) is 0 Å². The van der Waals surface area contributed by atoms with Gasteiger partial charge < -0.3 is 5.32 Å². The zero-order valence-corrected chi connectivity index (χ0v) is 8.82. The molecule has 0 saturated heterocycles. The average Bonchev–Trinajstić information content (AvgIpc) is 2.28. The van der Waals surface area contributed by atoms with Crippen molar-refractivity contribution in [2.24, 2.45) is 0 Å². The number of hydrogen-bond acceptors (Lipinski definition) is 3. The molecule has 4 nitrogen and oxygen atoms in total. The molecular formula is C11H13N3O. The first-order chi connectivity index (χ1) is 7.17. The first-order valence-electron chi connectivity index (χ1n) is 4.84. The summed E-state index contributed by atoms with van der Waals surface area (Å²) in [7, 11) is 0. The summed E-state index contributed by atoms with van der Waals surface area (Å²) in [4.78, 5) is 15.4. The molecule has 1 N–H and O–H groups in total. The fourth-order valence-electron chi connectivity index (χ4n) is 1.04. The molecule has 1 aromatic heterocycles. The van der Waals surface area contributed by atoms with Crippen LogP contribution in [0, 0.1) is 11.3 Å². The van der Waals surface area contributed by atoms with E-state index in [1.54, 1.807) is 6.07 Å². The zero-order chi connectivity index (χ0) is 11.3. The highest BCUT2D eigenvalue weighted by Crippen LogP contribution is 2.01. The predicted molar refractivity (Wildman–Crippen MR) is 56.2 cm³/mol. The lowest BCUT2D eigenvalue weighted by atomic mass is 10.2. The highest BCUT2D eigenvalue weighted by Gasteiger charge is 2.08. The molecule has 4 heteroatoms. The molecule has 0 aliphatic heterocycles. The fourth-order valence-corrected chi connectivity index (χ4v) is 1.04. The van der Waals surface area contributed by atoms with Crippen LogP contribution >= 0.6 is 0 Å². The van der Waals surface area contributed by atoms with E-state index in [-0.39, 0.29) is 17.6 Å². The second-order valence-corrected chi connectivity index (χ2v) is 3.32. The minimum Gasteiger partial charge on any atom is -0.350 e. The van der Waals surface area contributed by atoms with Gasteiger partial charge in [-0.1, -0.05) is 6.92 Å². The van der Waals surface area contributed by atoms with Crippen molar-refractivity contribution in [1.82, 2.24) is 10.3 Å². The third kappa shape index (κ3) is 3.06. The number of nitriles is 1. The highest BCUT2D eigenvalue weighted by atomic mass is 16.1. The predicted octanol–water partition coefficient (Wildman–Crippen LogP) is 1.48. The molecule has 0 aliphatic rings. The van der Waals surface area contributed by atoms with Crippen LogP contribution in [0.3, 0.4) is 0 Å². The van der Waals surface area contributed by atoms with Gasteiger partial charge in [-0.15, -0.1) is 0 Å². The average molecular weight is 203 g/mol. The lowest BCUT2D eigenvalue weighted by Gasteiger charge is -2.10. The summed E-state index contributed by atoms with van der Waals surface area (Å²) in [6.45, 7) is 3.93. The molecule has 0 saturated carbocycles. The van der Waals surface area contributed by atoms with E-state index in [1.165, 1.54) is 12.3 Å². The molecule has 1 amide bonds. The highest BCUT2D eigenvalue weighted by molar-refractivity contribution is 5.94. The van der Waals surface area contributed by atoms with Crippen molar-refractivity contribution in [3.8, 4) is 6.07 Å². The molecular weight excluding hydrogens is 190 g/mol. The SMILES string of the molecule is CCC(C)NC(=O)c1ccnc(C#N)c1. The number of rotatable bonds is 3. The molecule has 0 fully saturated rings. The Morgan fingerprint density at radius 3 is 3.07 bits per heavy atom. The minimum atomic E-state index is -0.164. The maximum atomic E-state index is 11.6. The summed E-state index contributed by atoms with van der Waals surface area (Å²) in [5.41, 5.74) is 0.730. The van der Waals surface area contributed by atoms with Gasteiger partial charge in [-0.3, -0.25) is 4.79 Å². The van der Waals surface area contributed by atoms with Crippen molar-refractivity contribution < 1.29 is 4.79 Å². The van der Waals surface area contributed by atoms with Gasteiger partial charge in [0.15, 0.2) is 0 Å². The standard InChI is InChI=1S/C11H13N3O/c1-3-8(2)14-11(15)9-4-5-13-10(6-9)7-12/h4-6,8H,3H2,1-2H3,(H,14,15). The summed E-state index contributed by atoms with van der Waals surface area (Å²) in [5, 5.41) is 11.4. The van der Waals surface area contributed by atoms with Crippen LogP contribution in [0.1, 0.15) is 36.3 Å². The van der Waals surface area contributed by atoms with Crippen molar-refractivity contribution in [2.75, 3.05) is 0 Å². The molecule has 0 aliphatic carbocycles. The lowest BCUT2D eigenvalue weighted by Crippen LogP contribution is -2.31. The maximum absolute atomic E-state index is 11.6. The third-order valence-corrected chi connectivity index (χ3v) is 2.13. The second kappa shape index (κ2) is 5.11. The van der Waals surface area contributed by atoms with Crippen molar-refractivity contribution in [2.45, 2.75) is 26.3 Å². The van der Waals surface area contributed by atoms with Crippen LogP contribution in [0.15, 0.2) is 18.3 Å². The Balaban J connectivity index is 2.78. The van der Waals surface area contributed by atoms with Crippen LogP contribution < -0.4 is 5.32 Å². The topological polar surface area (TPSA) is 65.8 Å². The minimum absolute atomic E-state index is 0.135. The summed E-state index contributed by atoms with van der Waals surface area (Å²) in [6, 6.07) is 5.11. The Labute approximate surface area is 88.9 Å². The summed E-state index contributed by atoms with van der Waals surface area (Å²) >= 11 is 0. The van der Waals surface area contributed by atoms with Crippen LogP contribution in [-0.2, 0) is 0 Å². The summed E-state index contributed by atoms with van der Waals surface area (Å²) in [6.07, 6.45) is 2.34. The van der Waals surface area contributed by atoms with Gasteiger partial charge in [-0.05, 0) is 25.5 Å². The Morgan fingerprint density at radius 1 is 1.73 bits per heavy atom. The molecule has 0 spiro atoms. The molecule has 0 radical (unpaired) electrons. The molecule has 1 atom stereocenters. The van der Waals surface area contributed by atoms with Crippen LogP contribution in [0.2, 0.25) is 0 Å². The molecule has 0 bridgehead atoms. The monoisotopic (exact) mass is 203 g/mol. The first kappa shape index (κ1) is 11.2. The third-order valence-electron chi connectivity index (χ3n) is 2.13. The van der Waals surface area contributed by atoms with Gasteiger partial charge in [0.25, 0.3) is 5.91 Å². The van der Waals surface area contributed by atoms with E-state index in [4.69, 9.17) is 5.26 Å². The van der Waals surface area contributed by atoms with Gasteiger partial charge >= 0.3 is 0 Å². The van der Waals surface area contributed by atoms with Crippen molar-refractivity contribution >= 4 is 5.91 Å². The number of carbonyl (C=O) groups excluding carboxylic acids is 1. The molecule has 1 aromatic rings. The van der Waals surface area contributed by atoms with Crippen molar-refractivity contribution in [1.29, 1.82) is 5.26 Å². The quantitative estimate of drug-likeness (QED) is 0.809. The van der Waals surface area contributed by atoms with Gasteiger partial charge in [0, 0.05) is 17.8 Å². The molecule has 78 valence electrons. The van der Waals surface area contributed by atoms with E-state index >= 15 is 0 Å². The van der Waals surface area contributed by atoms with Gasteiger partial charge in [0.1, 0.15) is 11.8 Å². The number of pyridine rings is 1. The molecule has 1 unspecified atom stereocenters. The van der Waals surface area contributed by atoms with Gasteiger partial charge in [0.2, 0.25) is 0 Å². The Hall–Kier alpha value is -1.89. The van der Waals surface area contributed by atoms with E-state index < -0.39 is 0 Å². The van der Waals surface area contributed by atoms with E-state index in [1.807, 2.05) is 19.9 Å². The molecule has 1 heterocycles. The number of nitrogens with zero attached hydrogens (tertiary/aromatic N) is 2. The van der Waals surface area contributed by atoms with Gasteiger partial charge in [0.05, 0.1) is 0 Å². The van der Waals surface area contributed by atoms with E-state index in [9.17, 15) is 4.79 Å². The summed E-state index contributed by atoms with van der Waals surface area (Å²) in [5.74, 6) is -0.164. The second-order valence-electron chi connectivity index (χ2n) is 3.32. The number of nitrogens with one attached hydrogen (secondary N) is 1. The van der Waals surface area contributed by atoms with E-state index in [0.717, 1.165) is 6.42 Å². The molecule has 15 heavy (non-hydrogen) atoms. The van der Waals surface area contributed by atoms with Gasteiger partial charge in [-0.25, -0.2) is 4.98 Å². The number of aromatic nitrogens is 1.